The molecule has 0 saturated carbocycles. The lowest BCUT2D eigenvalue weighted by atomic mass is 10.2. The lowest BCUT2D eigenvalue weighted by Gasteiger charge is -2.07. The number of nitrogens with zero attached hydrogens (tertiary/aromatic N) is 2. The fraction of sp³-hybridized carbons (Fsp3) is 0.235. The minimum Gasteiger partial charge on any atom is -0.346 e. The standard InChI is InChI=1S/C17H19N5O3S/c1-2-9-20-26(24,25)13-7-5-12(6-8-13)17(23)19-11-15-14-4-3-10-18-16(14)22-21-15/h3-8,10,20H,2,9,11H2,1H3,(H,19,23)(H,18,21,22). The van der Waals surface area contributed by atoms with E-state index in [1.165, 1.54) is 24.3 Å². The number of benzene rings is 1. The van der Waals surface area contributed by atoms with E-state index in [0.29, 0.717) is 24.2 Å². The summed E-state index contributed by atoms with van der Waals surface area (Å²) in [5.74, 6) is -0.304. The van der Waals surface area contributed by atoms with Gasteiger partial charge in [0.1, 0.15) is 0 Å². The van der Waals surface area contributed by atoms with Crippen LogP contribution in [0, 0.1) is 0 Å². The SMILES string of the molecule is CCCNS(=O)(=O)c1ccc(C(=O)NCc2[nH]nc3ncccc23)cc1. The first-order chi connectivity index (χ1) is 12.5. The molecule has 3 aromatic rings. The average molecular weight is 373 g/mol. The van der Waals surface area contributed by atoms with Crippen molar-refractivity contribution in [1.82, 2.24) is 25.2 Å². The summed E-state index contributed by atoms with van der Waals surface area (Å²) in [5, 5.41) is 10.6. The third-order valence-electron chi connectivity index (χ3n) is 3.80. The van der Waals surface area contributed by atoms with Crippen molar-refractivity contribution in [2.24, 2.45) is 0 Å². The third kappa shape index (κ3) is 3.89. The maximum Gasteiger partial charge on any atom is 0.251 e. The molecule has 136 valence electrons. The van der Waals surface area contributed by atoms with Crippen molar-refractivity contribution < 1.29 is 13.2 Å². The first-order valence-electron chi connectivity index (χ1n) is 8.17. The molecule has 1 amide bonds. The zero-order valence-corrected chi connectivity index (χ0v) is 15.0. The summed E-state index contributed by atoms with van der Waals surface area (Å²) < 4.78 is 26.6. The number of sulfonamides is 1. The molecule has 2 aromatic heterocycles. The zero-order chi connectivity index (χ0) is 18.6. The maximum absolute atomic E-state index is 12.3. The molecule has 8 nitrogen and oxygen atoms in total. The number of carbonyl (C=O) groups excluding carboxylic acids is 1. The molecule has 0 aliphatic carbocycles. The summed E-state index contributed by atoms with van der Waals surface area (Å²) in [6.07, 6.45) is 2.36. The molecule has 0 spiro atoms. The maximum atomic E-state index is 12.3. The predicted molar refractivity (Wildman–Crippen MR) is 97.0 cm³/mol. The number of fused-ring (bicyclic) bond motifs is 1. The van der Waals surface area contributed by atoms with Gasteiger partial charge in [-0.15, -0.1) is 0 Å². The normalized spacial score (nSPS) is 11.6. The van der Waals surface area contributed by atoms with Gasteiger partial charge in [-0.25, -0.2) is 18.1 Å². The van der Waals surface area contributed by atoms with Crippen molar-refractivity contribution in [3.05, 3.63) is 53.9 Å². The van der Waals surface area contributed by atoms with Gasteiger partial charge in [0.05, 0.1) is 17.1 Å². The van der Waals surface area contributed by atoms with Gasteiger partial charge in [0, 0.05) is 23.7 Å². The third-order valence-corrected chi connectivity index (χ3v) is 5.28. The van der Waals surface area contributed by atoms with E-state index in [-0.39, 0.29) is 17.3 Å². The summed E-state index contributed by atoms with van der Waals surface area (Å²) >= 11 is 0. The first-order valence-corrected chi connectivity index (χ1v) is 9.65. The van der Waals surface area contributed by atoms with Crippen molar-refractivity contribution in [3.8, 4) is 0 Å². The fourth-order valence-electron chi connectivity index (χ4n) is 2.41. The number of H-pyrrole nitrogens is 1. The Labute approximate surface area is 151 Å². The van der Waals surface area contributed by atoms with Crippen LogP contribution in [0.1, 0.15) is 29.4 Å². The van der Waals surface area contributed by atoms with Crippen LogP contribution in [0.4, 0.5) is 0 Å². The van der Waals surface area contributed by atoms with Crippen LogP contribution in [-0.2, 0) is 16.6 Å². The van der Waals surface area contributed by atoms with Crippen LogP contribution in [0.15, 0.2) is 47.5 Å². The van der Waals surface area contributed by atoms with E-state index in [4.69, 9.17) is 0 Å². The number of rotatable bonds is 7. The van der Waals surface area contributed by atoms with E-state index in [0.717, 1.165) is 11.1 Å². The van der Waals surface area contributed by atoms with Crippen molar-refractivity contribution >= 4 is 27.0 Å². The summed E-state index contributed by atoms with van der Waals surface area (Å²) in [6, 6.07) is 9.49. The average Bonchev–Trinajstić information content (AvgIpc) is 3.08. The Morgan fingerprint density at radius 2 is 1.96 bits per heavy atom. The van der Waals surface area contributed by atoms with E-state index < -0.39 is 10.0 Å². The van der Waals surface area contributed by atoms with Crippen LogP contribution in [0.5, 0.6) is 0 Å². The van der Waals surface area contributed by atoms with Gasteiger partial charge in [-0.2, -0.15) is 5.10 Å². The highest BCUT2D eigenvalue weighted by Crippen LogP contribution is 2.13. The van der Waals surface area contributed by atoms with Crippen molar-refractivity contribution in [3.63, 3.8) is 0 Å². The molecular weight excluding hydrogens is 354 g/mol. The molecule has 0 fully saturated rings. The highest BCUT2D eigenvalue weighted by molar-refractivity contribution is 7.89. The molecule has 3 rings (SSSR count). The van der Waals surface area contributed by atoms with Crippen LogP contribution in [0.2, 0.25) is 0 Å². The Hall–Kier alpha value is -2.78. The Balaban J connectivity index is 1.67. The van der Waals surface area contributed by atoms with E-state index in [1.54, 1.807) is 12.3 Å². The molecule has 0 aliphatic heterocycles. The predicted octanol–water partition coefficient (Wildman–Crippen LogP) is 1.58. The van der Waals surface area contributed by atoms with Crippen LogP contribution >= 0.6 is 0 Å². The summed E-state index contributed by atoms with van der Waals surface area (Å²) in [7, 11) is -3.54. The molecule has 0 unspecified atom stereocenters. The molecule has 26 heavy (non-hydrogen) atoms. The Kier molecular flexibility index (Phi) is 5.29. The molecule has 9 heteroatoms. The summed E-state index contributed by atoms with van der Waals surface area (Å²) in [6.45, 7) is 2.52. The fourth-order valence-corrected chi connectivity index (χ4v) is 3.55. The second kappa shape index (κ2) is 7.63. The second-order valence-electron chi connectivity index (χ2n) is 5.68. The monoisotopic (exact) mass is 373 g/mol. The van der Waals surface area contributed by atoms with Crippen molar-refractivity contribution in [2.75, 3.05) is 6.54 Å². The van der Waals surface area contributed by atoms with E-state index in [9.17, 15) is 13.2 Å². The van der Waals surface area contributed by atoms with Gasteiger partial charge in [-0.05, 0) is 42.8 Å². The van der Waals surface area contributed by atoms with E-state index >= 15 is 0 Å². The van der Waals surface area contributed by atoms with Gasteiger partial charge in [-0.3, -0.25) is 9.89 Å². The number of pyridine rings is 1. The summed E-state index contributed by atoms with van der Waals surface area (Å²) in [5.41, 5.74) is 1.72. The highest BCUT2D eigenvalue weighted by atomic mass is 32.2. The number of aromatic amines is 1. The number of hydrogen-bond acceptors (Lipinski definition) is 5. The smallest absolute Gasteiger partial charge is 0.251 e. The first kappa shape index (κ1) is 18.0. The van der Waals surface area contributed by atoms with Crippen LogP contribution in [-0.4, -0.2) is 36.1 Å². The molecule has 0 saturated heterocycles. The van der Waals surface area contributed by atoms with Crippen LogP contribution < -0.4 is 10.0 Å². The van der Waals surface area contributed by atoms with Crippen LogP contribution in [0.3, 0.4) is 0 Å². The van der Waals surface area contributed by atoms with Crippen LogP contribution in [0.25, 0.3) is 11.0 Å². The topological polar surface area (TPSA) is 117 Å². The lowest BCUT2D eigenvalue weighted by molar-refractivity contribution is 0.0950. The quantitative estimate of drug-likeness (QED) is 0.581. The van der Waals surface area contributed by atoms with Gasteiger partial charge in [-0.1, -0.05) is 6.92 Å². The molecule has 2 heterocycles. The number of carbonyl (C=O) groups is 1. The summed E-state index contributed by atoms with van der Waals surface area (Å²) in [4.78, 5) is 16.5. The molecule has 3 N–H and O–H groups in total. The van der Waals surface area contributed by atoms with Gasteiger partial charge >= 0.3 is 0 Å². The lowest BCUT2D eigenvalue weighted by Crippen LogP contribution is -2.25. The van der Waals surface area contributed by atoms with E-state index in [1.807, 2.05) is 13.0 Å². The van der Waals surface area contributed by atoms with Crippen molar-refractivity contribution in [2.45, 2.75) is 24.8 Å². The Bertz CT molecular complexity index is 1010. The van der Waals surface area contributed by atoms with Gasteiger partial charge in [0.15, 0.2) is 5.65 Å². The molecule has 1 aromatic carbocycles. The number of aromatic nitrogens is 3. The number of hydrogen-bond donors (Lipinski definition) is 3. The van der Waals surface area contributed by atoms with Gasteiger partial charge in [0.2, 0.25) is 10.0 Å². The molecular formula is C17H19N5O3S. The second-order valence-corrected chi connectivity index (χ2v) is 7.45. The van der Waals surface area contributed by atoms with Gasteiger partial charge in [0.25, 0.3) is 5.91 Å². The van der Waals surface area contributed by atoms with Gasteiger partial charge < -0.3 is 5.32 Å². The highest BCUT2D eigenvalue weighted by Gasteiger charge is 2.14. The Morgan fingerprint density at radius 1 is 1.19 bits per heavy atom. The minimum atomic E-state index is -3.54. The molecule has 0 radical (unpaired) electrons. The zero-order valence-electron chi connectivity index (χ0n) is 14.2. The minimum absolute atomic E-state index is 0.133. The Morgan fingerprint density at radius 3 is 2.69 bits per heavy atom. The molecule has 0 bridgehead atoms. The molecule has 0 atom stereocenters. The van der Waals surface area contributed by atoms with E-state index in [2.05, 4.69) is 25.2 Å². The molecule has 0 aliphatic rings. The largest absolute Gasteiger partial charge is 0.346 e. The van der Waals surface area contributed by atoms with Crippen molar-refractivity contribution in [1.29, 1.82) is 0 Å². The number of amides is 1. The number of nitrogens with one attached hydrogen (secondary N) is 3.